The highest BCUT2D eigenvalue weighted by molar-refractivity contribution is 7.91. The molecule has 3 fully saturated rings. The van der Waals surface area contributed by atoms with Crippen LogP contribution in [-0.4, -0.2) is 80.6 Å². The van der Waals surface area contributed by atoms with Gasteiger partial charge in [0.2, 0.25) is 0 Å². The maximum Gasteiger partial charge on any atom is 0.158 e. The first-order valence-corrected chi connectivity index (χ1v) is 16.1. The fraction of sp³-hybridized carbons (Fsp3) is 0.552. The number of rotatable bonds is 4. The van der Waals surface area contributed by atoms with Crippen molar-refractivity contribution in [2.24, 2.45) is 0 Å². The number of nitrogens with one attached hydrogen (secondary N) is 1. The average Bonchev–Trinajstić information content (AvgIpc) is 3.61. The number of aromatic nitrogens is 5. The molecule has 3 aliphatic heterocycles. The van der Waals surface area contributed by atoms with E-state index in [-0.39, 0.29) is 0 Å². The largest absolute Gasteiger partial charge is 0.353 e. The van der Waals surface area contributed by atoms with E-state index in [2.05, 4.69) is 70.9 Å². The second-order valence-electron chi connectivity index (χ2n) is 12.1. The van der Waals surface area contributed by atoms with Gasteiger partial charge in [0.15, 0.2) is 5.65 Å². The zero-order valence-electron chi connectivity index (χ0n) is 23.2. The number of piperidine rings is 1. The number of hydrogen-bond acceptors (Lipinski definition) is 7. The molecule has 10 heteroatoms. The lowest BCUT2D eigenvalue weighted by molar-refractivity contribution is 0.110. The predicted octanol–water partition coefficient (Wildman–Crippen LogP) is 4.24. The Morgan fingerprint density at radius 3 is 2.59 bits per heavy atom. The Kier molecular flexibility index (Phi) is 5.79. The summed E-state index contributed by atoms with van der Waals surface area (Å²) in [5.41, 5.74) is 8.81. The molecule has 7 heterocycles. The fourth-order valence-electron chi connectivity index (χ4n) is 7.32. The third kappa shape index (κ3) is 4.06. The van der Waals surface area contributed by atoms with Crippen LogP contribution >= 0.6 is 0 Å². The van der Waals surface area contributed by atoms with E-state index < -0.39 is 9.84 Å². The Hall–Kier alpha value is -2.98. The molecule has 2 bridgehead atoms. The van der Waals surface area contributed by atoms with Crippen molar-refractivity contribution in [2.75, 3.05) is 29.5 Å². The lowest BCUT2D eigenvalue weighted by Crippen LogP contribution is -2.49. The summed E-state index contributed by atoms with van der Waals surface area (Å²) in [6, 6.07) is 5.71. The minimum absolute atomic E-state index is 0.290. The van der Waals surface area contributed by atoms with E-state index in [0.717, 1.165) is 78.1 Å². The Bertz CT molecular complexity index is 1670. The van der Waals surface area contributed by atoms with Crippen molar-refractivity contribution in [1.82, 2.24) is 29.5 Å². The number of likely N-dealkylation sites (tertiary alicyclic amines) is 1. The third-order valence-electron chi connectivity index (χ3n) is 9.51. The van der Waals surface area contributed by atoms with Crippen LogP contribution in [0.3, 0.4) is 0 Å². The van der Waals surface area contributed by atoms with Crippen molar-refractivity contribution in [2.45, 2.75) is 77.4 Å². The van der Waals surface area contributed by atoms with E-state index in [4.69, 9.17) is 4.98 Å². The zero-order valence-corrected chi connectivity index (χ0v) is 24.0. The number of sulfone groups is 1. The van der Waals surface area contributed by atoms with Gasteiger partial charge < -0.3 is 9.88 Å². The van der Waals surface area contributed by atoms with Crippen molar-refractivity contribution in [1.29, 1.82) is 0 Å². The fourth-order valence-corrected chi connectivity index (χ4v) is 8.79. The van der Waals surface area contributed by atoms with Crippen molar-refractivity contribution in [3.8, 4) is 11.3 Å². The molecule has 0 aliphatic carbocycles. The van der Waals surface area contributed by atoms with Crippen LogP contribution in [0.25, 0.3) is 27.9 Å². The molecule has 7 rings (SSSR count). The number of fused-ring (bicyclic) bond motifs is 4. The van der Waals surface area contributed by atoms with Gasteiger partial charge >= 0.3 is 0 Å². The normalized spacial score (nSPS) is 24.0. The van der Waals surface area contributed by atoms with Gasteiger partial charge in [0.05, 0.1) is 28.2 Å². The molecule has 0 radical (unpaired) electrons. The molecule has 39 heavy (non-hydrogen) atoms. The number of aromatic amines is 1. The Balaban J connectivity index is 1.23. The van der Waals surface area contributed by atoms with Crippen molar-refractivity contribution >= 4 is 32.3 Å². The van der Waals surface area contributed by atoms with Crippen molar-refractivity contribution in [3.05, 3.63) is 41.3 Å². The summed E-state index contributed by atoms with van der Waals surface area (Å²) < 4.78 is 25.8. The molecule has 9 nitrogen and oxygen atoms in total. The minimum atomic E-state index is -2.84. The molecular weight excluding hydrogens is 510 g/mol. The van der Waals surface area contributed by atoms with Gasteiger partial charge in [0, 0.05) is 48.5 Å². The lowest BCUT2D eigenvalue weighted by Gasteiger charge is -2.40. The SMILES string of the molecule is Cc1c(-c2[nH]c3ccc(N4C[C@@H]5C[C@H]4CCN5C4CCS(=O)(=O)CC4)nc3c2C(C)C)cn2ncnc2c1C. The lowest BCUT2D eigenvalue weighted by atomic mass is 9.95. The van der Waals surface area contributed by atoms with Gasteiger partial charge in [-0.25, -0.2) is 22.9 Å². The van der Waals surface area contributed by atoms with Gasteiger partial charge in [-0.3, -0.25) is 4.90 Å². The molecule has 0 aromatic carbocycles. The van der Waals surface area contributed by atoms with Crippen LogP contribution < -0.4 is 4.90 Å². The van der Waals surface area contributed by atoms with Crippen LogP contribution in [0.15, 0.2) is 24.7 Å². The highest BCUT2D eigenvalue weighted by Gasteiger charge is 2.43. The molecule has 0 amide bonds. The smallest absolute Gasteiger partial charge is 0.158 e. The van der Waals surface area contributed by atoms with Gasteiger partial charge in [-0.15, -0.1) is 0 Å². The van der Waals surface area contributed by atoms with E-state index in [1.165, 1.54) is 11.1 Å². The first-order chi connectivity index (χ1) is 18.7. The Labute approximate surface area is 229 Å². The van der Waals surface area contributed by atoms with Crippen LogP contribution in [0.5, 0.6) is 0 Å². The van der Waals surface area contributed by atoms with E-state index in [0.29, 0.717) is 35.5 Å². The molecule has 2 atom stereocenters. The summed E-state index contributed by atoms with van der Waals surface area (Å²) in [4.78, 5) is 18.6. The molecule has 0 spiro atoms. The second kappa shape index (κ2) is 9.02. The third-order valence-corrected chi connectivity index (χ3v) is 11.2. The number of nitrogens with zero attached hydrogens (tertiary/aromatic N) is 6. The Morgan fingerprint density at radius 2 is 1.82 bits per heavy atom. The molecule has 4 aromatic rings. The summed E-state index contributed by atoms with van der Waals surface area (Å²) in [6.45, 7) is 10.8. The highest BCUT2D eigenvalue weighted by Crippen LogP contribution is 2.40. The van der Waals surface area contributed by atoms with E-state index in [1.54, 1.807) is 6.33 Å². The van der Waals surface area contributed by atoms with Gasteiger partial charge in [-0.1, -0.05) is 13.8 Å². The maximum absolute atomic E-state index is 12.0. The van der Waals surface area contributed by atoms with Gasteiger partial charge in [-0.2, -0.15) is 5.10 Å². The highest BCUT2D eigenvalue weighted by atomic mass is 32.2. The summed E-state index contributed by atoms with van der Waals surface area (Å²) in [5.74, 6) is 2.01. The molecule has 1 N–H and O–H groups in total. The molecule has 0 unspecified atom stereocenters. The van der Waals surface area contributed by atoms with E-state index in [9.17, 15) is 8.42 Å². The molecule has 3 aliphatic rings. The Morgan fingerprint density at radius 1 is 1.03 bits per heavy atom. The molecule has 206 valence electrons. The van der Waals surface area contributed by atoms with E-state index >= 15 is 0 Å². The van der Waals surface area contributed by atoms with Crippen LogP contribution in [-0.2, 0) is 9.84 Å². The molecule has 3 saturated heterocycles. The van der Waals surface area contributed by atoms with Gasteiger partial charge in [0.25, 0.3) is 0 Å². The topological polar surface area (TPSA) is 99.5 Å². The van der Waals surface area contributed by atoms with Crippen LogP contribution in [0.2, 0.25) is 0 Å². The van der Waals surface area contributed by atoms with Crippen LogP contribution in [0.1, 0.15) is 62.1 Å². The van der Waals surface area contributed by atoms with Crippen molar-refractivity contribution < 1.29 is 8.42 Å². The average molecular weight is 548 g/mol. The number of aryl methyl sites for hydroxylation is 1. The zero-order chi connectivity index (χ0) is 27.1. The summed E-state index contributed by atoms with van der Waals surface area (Å²) in [5, 5.41) is 4.41. The maximum atomic E-state index is 12.0. The number of hydrogen-bond donors (Lipinski definition) is 1. The van der Waals surface area contributed by atoms with Crippen LogP contribution in [0, 0.1) is 13.8 Å². The number of H-pyrrole nitrogens is 1. The van der Waals surface area contributed by atoms with Gasteiger partial charge in [-0.05, 0) is 68.7 Å². The second-order valence-corrected chi connectivity index (χ2v) is 14.4. The summed E-state index contributed by atoms with van der Waals surface area (Å²) in [7, 11) is -2.84. The molecule has 4 aromatic heterocycles. The quantitative estimate of drug-likeness (QED) is 0.408. The van der Waals surface area contributed by atoms with Crippen LogP contribution in [0.4, 0.5) is 5.82 Å². The molecular formula is C29H37N7O2S. The van der Waals surface area contributed by atoms with Gasteiger partial charge in [0.1, 0.15) is 22.0 Å². The predicted molar refractivity (Wildman–Crippen MR) is 154 cm³/mol. The standard InChI is InChI=1S/C29H37N7O2S/c1-17(2)26-27(23-15-36-29(30-16-31-36)19(4)18(23)3)32-24-5-6-25(33-28(24)26)35-14-22-13-21(35)7-10-34(22)20-8-11-39(37,38)12-9-20/h5-6,15-17,20-22,32H,7-14H2,1-4H3/t21-,22+/m1/s1. The first-order valence-electron chi connectivity index (χ1n) is 14.3. The van der Waals surface area contributed by atoms with Crippen molar-refractivity contribution in [3.63, 3.8) is 0 Å². The first kappa shape index (κ1) is 25.0. The van der Waals surface area contributed by atoms with E-state index in [1.807, 2.05) is 4.52 Å². The molecule has 0 saturated carbocycles. The number of anilines is 1. The monoisotopic (exact) mass is 547 g/mol. The summed E-state index contributed by atoms with van der Waals surface area (Å²) in [6.07, 6.45) is 7.47. The summed E-state index contributed by atoms with van der Waals surface area (Å²) >= 11 is 0. The number of pyridine rings is 2. The minimum Gasteiger partial charge on any atom is -0.353 e.